The Morgan fingerprint density at radius 2 is 2.28 bits per heavy atom. The molecule has 0 unspecified atom stereocenters. The van der Waals surface area contributed by atoms with Gasteiger partial charge in [0.1, 0.15) is 5.75 Å². The van der Waals surface area contributed by atoms with Crippen LogP contribution in [0.25, 0.3) is 0 Å². The van der Waals surface area contributed by atoms with Crippen molar-refractivity contribution in [2.45, 2.75) is 13.0 Å². The predicted molar refractivity (Wildman–Crippen MR) is 70.0 cm³/mol. The summed E-state index contributed by atoms with van der Waals surface area (Å²) in [7, 11) is 1.72. The molecule has 0 amide bonds. The highest BCUT2D eigenvalue weighted by molar-refractivity contribution is 9.10. The monoisotopic (exact) mass is 311 g/mol. The van der Waals surface area contributed by atoms with Crippen molar-refractivity contribution >= 4 is 15.9 Å². The van der Waals surface area contributed by atoms with Crippen LogP contribution in [-0.4, -0.2) is 26.8 Å². The maximum absolute atomic E-state index is 5.61. The fourth-order valence-corrected chi connectivity index (χ4v) is 1.96. The van der Waals surface area contributed by atoms with Gasteiger partial charge < -0.3 is 10.5 Å². The number of tetrazole rings is 1. The number of ether oxygens (including phenoxy) is 1. The summed E-state index contributed by atoms with van der Waals surface area (Å²) in [4.78, 5) is 1.40. The second-order valence-electron chi connectivity index (χ2n) is 3.78. The highest BCUT2D eigenvalue weighted by atomic mass is 79.9. The largest absolute Gasteiger partial charge is 0.485 e. The molecule has 0 aliphatic carbocycles. The lowest BCUT2D eigenvalue weighted by atomic mass is 10.1. The maximum atomic E-state index is 5.61. The number of aryl methyl sites for hydroxylation is 1. The zero-order valence-corrected chi connectivity index (χ0v) is 11.6. The average molecular weight is 312 g/mol. The van der Waals surface area contributed by atoms with E-state index in [1.165, 1.54) is 4.80 Å². The molecular formula is C11H14BrN5O. The van der Waals surface area contributed by atoms with E-state index in [2.05, 4.69) is 31.3 Å². The van der Waals surface area contributed by atoms with Gasteiger partial charge in [-0.15, -0.1) is 10.2 Å². The average Bonchev–Trinajstić information content (AvgIpc) is 2.76. The number of aromatic nitrogens is 4. The summed E-state index contributed by atoms with van der Waals surface area (Å²) >= 11 is 3.48. The van der Waals surface area contributed by atoms with E-state index in [4.69, 9.17) is 10.5 Å². The summed E-state index contributed by atoms with van der Waals surface area (Å²) in [6, 6.07) is 5.80. The van der Waals surface area contributed by atoms with Crippen LogP contribution in [0.3, 0.4) is 0 Å². The lowest BCUT2D eigenvalue weighted by Crippen LogP contribution is -2.04. The molecule has 1 aromatic heterocycles. The van der Waals surface area contributed by atoms with Crippen molar-refractivity contribution in [3.63, 3.8) is 0 Å². The van der Waals surface area contributed by atoms with Crippen LogP contribution in [0.15, 0.2) is 22.7 Å². The molecule has 1 heterocycles. The van der Waals surface area contributed by atoms with Crippen molar-refractivity contribution in [2.75, 3.05) is 6.54 Å². The van der Waals surface area contributed by atoms with Gasteiger partial charge in [0.05, 0.1) is 7.05 Å². The van der Waals surface area contributed by atoms with Crippen molar-refractivity contribution in [3.8, 4) is 5.75 Å². The first-order valence-electron chi connectivity index (χ1n) is 5.53. The van der Waals surface area contributed by atoms with Gasteiger partial charge in [-0.3, -0.25) is 0 Å². The molecule has 96 valence electrons. The van der Waals surface area contributed by atoms with Crippen molar-refractivity contribution < 1.29 is 4.74 Å². The summed E-state index contributed by atoms with van der Waals surface area (Å²) in [6.45, 7) is 0.908. The van der Waals surface area contributed by atoms with Crippen LogP contribution in [0.2, 0.25) is 0 Å². The molecule has 18 heavy (non-hydrogen) atoms. The first-order chi connectivity index (χ1) is 8.69. The lowest BCUT2D eigenvalue weighted by Gasteiger charge is -2.07. The number of nitrogens with two attached hydrogens (primary N) is 1. The van der Waals surface area contributed by atoms with E-state index in [1.54, 1.807) is 7.05 Å². The molecule has 0 aliphatic heterocycles. The Morgan fingerprint density at radius 3 is 2.94 bits per heavy atom. The molecule has 2 N–H and O–H groups in total. The molecule has 0 aliphatic rings. The topological polar surface area (TPSA) is 78.8 Å². The standard InChI is InChI=1S/C11H14BrN5O/c1-17-15-11(14-16-17)7-18-9-2-3-10(12)8(6-9)4-5-13/h2-3,6H,4-5,7,13H2,1H3. The number of halogens is 1. The summed E-state index contributed by atoms with van der Waals surface area (Å²) < 4.78 is 6.65. The summed E-state index contributed by atoms with van der Waals surface area (Å²) in [5, 5.41) is 11.6. The van der Waals surface area contributed by atoms with Crippen LogP contribution >= 0.6 is 15.9 Å². The highest BCUT2D eigenvalue weighted by Crippen LogP contribution is 2.23. The highest BCUT2D eigenvalue weighted by Gasteiger charge is 2.04. The number of benzene rings is 1. The number of hydrogen-bond acceptors (Lipinski definition) is 5. The van der Waals surface area contributed by atoms with E-state index in [0.717, 1.165) is 22.2 Å². The van der Waals surface area contributed by atoms with Gasteiger partial charge in [0, 0.05) is 4.47 Å². The Kier molecular flexibility index (Phi) is 4.27. The van der Waals surface area contributed by atoms with E-state index < -0.39 is 0 Å². The van der Waals surface area contributed by atoms with Crippen LogP contribution in [0.4, 0.5) is 0 Å². The molecule has 7 heteroatoms. The van der Waals surface area contributed by atoms with Crippen LogP contribution in [-0.2, 0) is 20.1 Å². The van der Waals surface area contributed by atoms with E-state index in [1.807, 2.05) is 18.2 Å². The molecule has 1 aromatic carbocycles. The SMILES string of the molecule is Cn1nnc(COc2ccc(Br)c(CCN)c2)n1. The van der Waals surface area contributed by atoms with Gasteiger partial charge in [0.25, 0.3) is 0 Å². The van der Waals surface area contributed by atoms with Gasteiger partial charge in [-0.25, -0.2) is 0 Å². The third kappa shape index (κ3) is 3.27. The summed E-state index contributed by atoms with van der Waals surface area (Å²) in [5.41, 5.74) is 6.68. The number of nitrogens with zero attached hydrogens (tertiary/aromatic N) is 4. The predicted octanol–water partition coefficient (Wildman–Crippen LogP) is 1.05. The molecule has 0 spiro atoms. The lowest BCUT2D eigenvalue weighted by molar-refractivity contribution is 0.295. The molecule has 0 atom stereocenters. The fraction of sp³-hybridized carbons (Fsp3) is 0.364. The molecule has 2 rings (SSSR count). The number of rotatable bonds is 5. The molecule has 6 nitrogen and oxygen atoms in total. The van der Waals surface area contributed by atoms with Crippen LogP contribution in [0.5, 0.6) is 5.75 Å². The van der Waals surface area contributed by atoms with Crippen molar-refractivity contribution in [3.05, 3.63) is 34.1 Å². The van der Waals surface area contributed by atoms with Crippen LogP contribution in [0, 0.1) is 0 Å². The third-order valence-electron chi connectivity index (χ3n) is 2.35. The van der Waals surface area contributed by atoms with Crippen LogP contribution in [0.1, 0.15) is 11.4 Å². The van der Waals surface area contributed by atoms with Gasteiger partial charge in [-0.05, 0) is 41.9 Å². The molecule has 0 bridgehead atoms. The zero-order valence-electron chi connectivity index (χ0n) is 10.0. The zero-order chi connectivity index (χ0) is 13.0. The smallest absolute Gasteiger partial charge is 0.212 e. The van der Waals surface area contributed by atoms with Gasteiger partial charge in [0.15, 0.2) is 6.61 Å². The quantitative estimate of drug-likeness (QED) is 0.893. The minimum Gasteiger partial charge on any atom is -0.485 e. The second-order valence-corrected chi connectivity index (χ2v) is 4.63. The minimum atomic E-state index is 0.303. The first kappa shape index (κ1) is 13.0. The van der Waals surface area contributed by atoms with Gasteiger partial charge in [-0.2, -0.15) is 4.80 Å². The molecule has 0 saturated heterocycles. The second kappa shape index (κ2) is 5.92. The van der Waals surface area contributed by atoms with Gasteiger partial charge in [-0.1, -0.05) is 15.9 Å². The first-order valence-corrected chi connectivity index (χ1v) is 6.32. The van der Waals surface area contributed by atoms with Crippen molar-refractivity contribution in [1.29, 1.82) is 0 Å². The molecule has 0 saturated carbocycles. The van der Waals surface area contributed by atoms with Gasteiger partial charge >= 0.3 is 0 Å². The van der Waals surface area contributed by atoms with Gasteiger partial charge in [0.2, 0.25) is 5.82 Å². The van der Waals surface area contributed by atoms with Crippen molar-refractivity contribution in [1.82, 2.24) is 20.2 Å². The Labute approximate surface area is 113 Å². The Hall–Kier alpha value is -1.47. The molecule has 0 fully saturated rings. The van der Waals surface area contributed by atoms with E-state index >= 15 is 0 Å². The summed E-state index contributed by atoms with van der Waals surface area (Å²) in [6.07, 6.45) is 0.807. The normalized spacial score (nSPS) is 10.6. The maximum Gasteiger partial charge on any atom is 0.212 e. The Morgan fingerprint density at radius 1 is 1.44 bits per heavy atom. The van der Waals surface area contributed by atoms with Crippen molar-refractivity contribution in [2.24, 2.45) is 12.8 Å². The van der Waals surface area contributed by atoms with E-state index in [9.17, 15) is 0 Å². The van der Waals surface area contributed by atoms with E-state index in [0.29, 0.717) is 19.0 Å². The fourth-order valence-electron chi connectivity index (χ4n) is 1.52. The molecule has 2 aromatic rings. The summed E-state index contributed by atoms with van der Waals surface area (Å²) in [5.74, 6) is 1.33. The third-order valence-corrected chi connectivity index (χ3v) is 3.12. The molecule has 0 radical (unpaired) electrons. The Balaban J connectivity index is 2.03. The minimum absolute atomic E-state index is 0.303. The van der Waals surface area contributed by atoms with E-state index in [-0.39, 0.29) is 0 Å². The Bertz CT molecular complexity index is 528. The molecular weight excluding hydrogens is 298 g/mol. The van der Waals surface area contributed by atoms with Crippen LogP contribution < -0.4 is 10.5 Å². The number of hydrogen-bond donors (Lipinski definition) is 1.